The van der Waals surface area contributed by atoms with E-state index in [2.05, 4.69) is 20.0 Å². The molecule has 1 saturated carbocycles. The molecular formula is C23H33FN4O2. The molecule has 2 amide bonds. The van der Waals surface area contributed by atoms with Crippen LogP contribution in [-0.2, 0) is 9.59 Å². The molecule has 1 aromatic carbocycles. The van der Waals surface area contributed by atoms with Crippen LogP contribution in [0.2, 0.25) is 0 Å². The summed E-state index contributed by atoms with van der Waals surface area (Å²) in [6, 6.07) is 5.93. The van der Waals surface area contributed by atoms with Gasteiger partial charge in [-0.1, -0.05) is 25.3 Å². The molecule has 1 N–H and O–H groups in total. The minimum absolute atomic E-state index is 0.138. The standard InChI is InChI=1S/C23H33FN4O2/c24-20-6-3-7-21(14-20)25-22(29)16-26-10-12-27(13-11-26)17-23(30)28-9-8-18-4-1-2-5-19(18)15-28/h3,6-7,14,18-19H,1-2,4-5,8-13,15-17H2,(H,25,29)/t18-,19-/m0/s1. The van der Waals surface area contributed by atoms with E-state index in [0.717, 1.165) is 45.2 Å². The number of hydrogen-bond acceptors (Lipinski definition) is 4. The SMILES string of the molecule is O=C(CN1CCN(CC(=O)N2CC[C@@H]3CCCC[C@H]3C2)CC1)Nc1cccc(F)c1. The van der Waals surface area contributed by atoms with Crippen LogP contribution >= 0.6 is 0 Å². The summed E-state index contributed by atoms with van der Waals surface area (Å²) < 4.78 is 13.2. The smallest absolute Gasteiger partial charge is 0.238 e. The summed E-state index contributed by atoms with van der Waals surface area (Å²) in [4.78, 5) is 31.4. The third-order valence-electron chi connectivity index (χ3n) is 6.94. The van der Waals surface area contributed by atoms with Crippen molar-refractivity contribution >= 4 is 17.5 Å². The molecule has 0 aromatic heterocycles. The number of piperidine rings is 1. The first kappa shape index (κ1) is 21.2. The number of nitrogens with one attached hydrogen (secondary N) is 1. The average molecular weight is 417 g/mol. The van der Waals surface area contributed by atoms with Gasteiger partial charge >= 0.3 is 0 Å². The lowest BCUT2D eigenvalue weighted by Crippen LogP contribution is -2.53. The van der Waals surface area contributed by atoms with Crippen molar-refractivity contribution in [3.63, 3.8) is 0 Å². The van der Waals surface area contributed by atoms with Crippen molar-refractivity contribution in [1.82, 2.24) is 14.7 Å². The number of amides is 2. The third kappa shape index (κ3) is 5.58. The quantitative estimate of drug-likeness (QED) is 0.801. The van der Waals surface area contributed by atoms with Crippen LogP contribution in [0.25, 0.3) is 0 Å². The summed E-state index contributed by atoms with van der Waals surface area (Å²) in [5.41, 5.74) is 0.478. The molecule has 0 radical (unpaired) electrons. The number of halogens is 1. The number of carbonyl (C=O) groups is 2. The molecule has 3 fully saturated rings. The summed E-state index contributed by atoms with van der Waals surface area (Å²) in [7, 11) is 0. The van der Waals surface area contributed by atoms with Gasteiger partial charge in [0.05, 0.1) is 13.1 Å². The predicted octanol–water partition coefficient (Wildman–Crippen LogP) is 2.42. The first-order valence-corrected chi connectivity index (χ1v) is 11.3. The summed E-state index contributed by atoms with van der Waals surface area (Å²) in [5, 5.41) is 2.74. The van der Waals surface area contributed by atoms with E-state index in [1.54, 1.807) is 12.1 Å². The molecular weight excluding hydrogens is 383 g/mol. The number of hydrogen-bond donors (Lipinski definition) is 1. The second-order valence-electron chi connectivity index (χ2n) is 9.04. The van der Waals surface area contributed by atoms with Crippen molar-refractivity contribution in [2.24, 2.45) is 11.8 Å². The molecule has 2 heterocycles. The Kier molecular flexibility index (Phi) is 7.00. The molecule has 4 rings (SSSR count). The highest BCUT2D eigenvalue weighted by Crippen LogP contribution is 2.36. The number of likely N-dealkylation sites (tertiary alicyclic amines) is 1. The van der Waals surface area contributed by atoms with Gasteiger partial charge in [0.25, 0.3) is 0 Å². The average Bonchev–Trinajstić information content (AvgIpc) is 2.74. The van der Waals surface area contributed by atoms with Gasteiger partial charge in [-0.25, -0.2) is 4.39 Å². The molecule has 7 heteroatoms. The molecule has 30 heavy (non-hydrogen) atoms. The predicted molar refractivity (Wildman–Crippen MR) is 115 cm³/mol. The van der Waals surface area contributed by atoms with Crippen molar-refractivity contribution in [2.45, 2.75) is 32.1 Å². The van der Waals surface area contributed by atoms with E-state index in [1.165, 1.54) is 44.2 Å². The number of benzene rings is 1. The molecule has 0 bridgehead atoms. The van der Waals surface area contributed by atoms with E-state index in [9.17, 15) is 14.0 Å². The van der Waals surface area contributed by atoms with Crippen molar-refractivity contribution in [2.75, 3.05) is 57.7 Å². The molecule has 6 nitrogen and oxygen atoms in total. The van der Waals surface area contributed by atoms with Gasteiger partial charge in [-0.2, -0.15) is 0 Å². The molecule has 164 valence electrons. The lowest BCUT2D eigenvalue weighted by molar-refractivity contribution is -0.136. The van der Waals surface area contributed by atoms with Gasteiger partial charge in [0.15, 0.2) is 0 Å². The number of anilines is 1. The van der Waals surface area contributed by atoms with Gasteiger partial charge < -0.3 is 10.2 Å². The van der Waals surface area contributed by atoms with Gasteiger partial charge in [0, 0.05) is 45.0 Å². The Hall–Kier alpha value is -1.99. The molecule has 2 atom stereocenters. The van der Waals surface area contributed by atoms with Crippen LogP contribution in [0.3, 0.4) is 0 Å². The van der Waals surface area contributed by atoms with Crippen molar-refractivity contribution in [3.05, 3.63) is 30.1 Å². The Morgan fingerprint density at radius 1 is 0.933 bits per heavy atom. The highest BCUT2D eigenvalue weighted by molar-refractivity contribution is 5.92. The van der Waals surface area contributed by atoms with E-state index in [1.807, 2.05) is 0 Å². The Morgan fingerprint density at radius 2 is 1.63 bits per heavy atom. The highest BCUT2D eigenvalue weighted by atomic mass is 19.1. The summed E-state index contributed by atoms with van der Waals surface area (Å²) in [6.45, 7) is 5.74. The van der Waals surface area contributed by atoms with E-state index in [-0.39, 0.29) is 24.2 Å². The normalized spacial score (nSPS) is 25.6. The van der Waals surface area contributed by atoms with Crippen molar-refractivity contribution < 1.29 is 14.0 Å². The van der Waals surface area contributed by atoms with Crippen molar-refractivity contribution in [1.29, 1.82) is 0 Å². The van der Waals surface area contributed by atoms with Gasteiger partial charge in [0.1, 0.15) is 5.82 Å². The van der Waals surface area contributed by atoms with Gasteiger partial charge in [-0.15, -0.1) is 0 Å². The maximum atomic E-state index is 13.2. The van der Waals surface area contributed by atoms with E-state index >= 15 is 0 Å². The molecule has 2 saturated heterocycles. The lowest BCUT2D eigenvalue weighted by atomic mass is 9.75. The van der Waals surface area contributed by atoms with Crippen molar-refractivity contribution in [3.8, 4) is 0 Å². The maximum absolute atomic E-state index is 13.2. The second-order valence-corrected chi connectivity index (χ2v) is 9.04. The van der Waals surface area contributed by atoms with Gasteiger partial charge in [-0.3, -0.25) is 19.4 Å². The third-order valence-corrected chi connectivity index (χ3v) is 6.94. The van der Waals surface area contributed by atoms with Crippen LogP contribution in [0.15, 0.2) is 24.3 Å². The van der Waals surface area contributed by atoms with Crippen LogP contribution in [0.5, 0.6) is 0 Å². The number of piperazine rings is 1. The Morgan fingerprint density at radius 3 is 2.37 bits per heavy atom. The fraction of sp³-hybridized carbons (Fsp3) is 0.652. The zero-order valence-electron chi connectivity index (χ0n) is 17.7. The van der Waals surface area contributed by atoms with Crippen LogP contribution in [0, 0.1) is 17.7 Å². The minimum Gasteiger partial charge on any atom is -0.341 e. The first-order valence-electron chi connectivity index (χ1n) is 11.3. The fourth-order valence-electron chi connectivity index (χ4n) is 5.19. The summed E-state index contributed by atoms with van der Waals surface area (Å²) >= 11 is 0. The number of nitrogens with zero attached hydrogens (tertiary/aromatic N) is 3. The number of rotatable bonds is 5. The summed E-state index contributed by atoms with van der Waals surface area (Å²) in [6.07, 6.45) is 6.48. The molecule has 1 aromatic rings. The largest absolute Gasteiger partial charge is 0.341 e. The molecule has 0 unspecified atom stereocenters. The fourth-order valence-corrected chi connectivity index (χ4v) is 5.19. The first-order chi connectivity index (χ1) is 14.6. The van der Waals surface area contributed by atoms with E-state index in [0.29, 0.717) is 18.2 Å². The van der Waals surface area contributed by atoms with Crippen LogP contribution in [0.4, 0.5) is 10.1 Å². The minimum atomic E-state index is -0.362. The zero-order chi connectivity index (χ0) is 20.9. The molecule has 0 spiro atoms. The Labute approximate surface area is 178 Å². The maximum Gasteiger partial charge on any atom is 0.238 e. The Balaban J connectivity index is 1.17. The van der Waals surface area contributed by atoms with Crippen LogP contribution in [-0.4, -0.2) is 78.9 Å². The molecule has 1 aliphatic carbocycles. The number of carbonyl (C=O) groups excluding carboxylic acids is 2. The Bertz CT molecular complexity index is 750. The number of fused-ring (bicyclic) bond motifs is 1. The summed E-state index contributed by atoms with van der Waals surface area (Å²) in [5.74, 6) is 1.31. The highest BCUT2D eigenvalue weighted by Gasteiger charge is 2.33. The van der Waals surface area contributed by atoms with Gasteiger partial charge in [0.2, 0.25) is 11.8 Å². The van der Waals surface area contributed by atoms with Crippen LogP contribution in [0.1, 0.15) is 32.1 Å². The van der Waals surface area contributed by atoms with E-state index in [4.69, 9.17) is 0 Å². The van der Waals surface area contributed by atoms with Gasteiger partial charge in [-0.05, 0) is 42.9 Å². The van der Waals surface area contributed by atoms with E-state index < -0.39 is 0 Å². The molecule has 3 aliphatic rings. The zero-order valence-corrected chi connectivity index (χ0v) is 17.7. The van der Waals surface area contributed by atoms with Crippen LogP contribution < -0.4 is 5.32 Å². The molecule has 2 aliphatic heterocycles. The second kappa shape index (κ2) is 9.88. The monoisotopic (exact) mass is 416 g/mol. The topological polar surface area (TPSA) is 55.9 Å². The lowest BCUT2D eigenvalue weighted by Gasteiger charge is -2.42.